The van der Waals surface area contributed by atoms with E-state index in [2.05, 4.69) is 60.4 Å². The summed E-state index contributed by atoms with van der Waals surface area (Å²) in [5.41, 5.74) is 2.95. The Morgan fingerprint density at radius 1 is 1.00 bits per heavy atom. The maximum Gasteiger partial charge on any atom is 0.123 e. The minimum Gasteiger partial charge on any atom is -0.494 e. The fraction of sp³-hybridized carbons (Fsp3) is 0.520. The van der Waals surface area contributed by atoms with Gasteiger partial charge in [0.15, 0.2) is 0 Å². The van der Waals surface area contributed by atoms with Crippen LogP contribution in [-0.4, -0.2) is 31.2 Å². The van der Waals surface area contributed by atoms with E-state index < -0.39 is 0 Å². The predicted molar refractivity (Wildman–Crippen MR) is 114 cm³/mol. The Labute approximate surface area is 169 Å². The molecule has 2 aliphatic rings. The highest BCUT2D eigenvalue weighted by Gasteiger charge is 2.43. The van der Waals surface area contributed by atoms with Gasteiger partial charge in [0, 0.05) is 17.5 Å². The second-order valence-corrected chi connectivity index (χ2v) is 8.40. The lowest BCUT2D eigenvalue weighted by Gasteiger charge is -2.38. The van der Waals surface area contributed by atoms with E-state index in [9.17, 15) is 0 Å². The highest BCUT2D eigenvalue weighted by Crippen LogP contribution is 2.46. The van der Waals surface area contributed by atoms with E-state index in [4.69, 9.17) is 9.47 Å². The molecule has 1 fully saturated rings. The minimum atomic E-state index is 0.171. The van der Waals surface area contributed by atoms with E-state index in [1.54, 1.807) is 0 Å². The fourth-order valence-electron chi connectivity index (χ4n) is 4.55. The lowest BCUT2D eigenvalue weighted by molar-refractivity contribution is 0.130. The van der Waals surface area contributed by atoms with Gasteiger partial charge in [-0.3, -0.25) is 4.90 Å². The van der Waals surface area contributed by atoms with E-state index in [1.807, 2.05) is 0 Å². The smallest absolute Gasteiger partial charge is 0.123 e. The molecule has 2 aromatic rings. The van der Waals surface area contributed by atoms with Crippen molar-refractivity contribution in [1.82, 2.24) is 4.90 Å². The van der Waals surface area contributed by atoms with Crippen LogP contribution in [0.3, 0.4) is 0 Å². The van der Waals surface area contributed by atoms with Crippen molar-refractivity contribution in [3.8, 4) is 11.5 Å². The van der Waals surface area contributed by atoms with Gasteiger partial charge in [0.25, 0.3) is 0 Å². The van der Waals surface area contributed by atoms with Crippen LogP contribution >= 0.6 is 0 Å². The number of likely N-dealkylation sites (tertiary alicyclic amines) is 1. The molecule has 28 heavy (non-hydrogen) atoms. The summed E-state index contributed by atoms with van der Waals surface area (Å²) < 4.78 is 12.1. The largest absolute Gasteiger partial charge is 0.494 e. The lowest BCUT2D eigenvalue weighted by Crippen LogP contribution is -2.43. The van der Waals surface area contributed by atoms with Crippen molar-refractivity contribution >= 4 is 0 Å². The van der Waals surface area contributed by atoms with Gasteiger partial charge in [-0.15, -0.1) is 0 Å². The second-order valence-electron chi connectivity index (χ2n) is 8.40. The van der Waals surface area contributed by atoms with Crippen molar-refractivity contribution in [2.75, 3.05) is 26.3 Å². The molecular formula is C25H33NO2. The van der Waals surface area contributed by atoms with Crippen molar-refractivity contribution in [3.05, 3.63) is 59.7 Å². The van der Waals surface area contributed by atoms with Gasteiger partial charge in [-0.05, 0) is 56.1 Å². The second kappa shape index (κ2) is 9.00. The third-order valence-electron chi connectivity index (χ3n) is 6.36. The highest BCUT2D eigenvalue weighted by atomic mass is 16.5. The van der Waals surface area contributed by atoms with Crippen molar-refractivity contribution in [2.45, 2.75) is 57.4 Å². The first kappa shape index (κ1) is 19.3. The number of nitrogens with zero attached hydrogens (tertiary/aromatic N) is 1. The topological polar surface area (TPSA) is 21.7 Å². The molecule has 0 N–H and O–H groups in total. The molecule has 0 amide bonds. The Balaban J connectivity index is 1.36. The monoisotopic (exact) mass is 379 g/mol. The van der Waals surface area contributed by atoms with E-state index in [0.717, 1.165) is 63.6 Å². The molecule has 0 unspecified atom stereocenters. The number of unbranched alkanes of at least 4 members (excludes halogenated alkanes) is 3. The number of benzene rings is 2. The van der Waals surface area contributed by atoms with Crippen LogP contribution in [0.2, 0.25) is 0 Å². The maximum absolute atomic E-state index is 6.08. The van der Waals surface area contributed by atoms with Gasteiger partial charge >= 0.3 is 0 Å². The molecule has 0 atom stereocenters. The third-order valence-corrected chi connectivity index (χ3v) is 6.36. The minimum absolute atomic E-state index is 0.171. The first-order valence-electron chi connectivity index (χ1n) is 11.0. The van der Waals surface area contributed by atoms with Gasteiger partial charge in [-0.2, -0.15) is 0 Å². The standard InChI is InChI=1S/C25H33NO2/c1-2-3-4-8-17-27-22-11-12-24-23(18-22)25(20-28-24)13-15-26(16-14-25)19-21-9-6-5-7-10-21/h5-7,9-12,18H,2-4,8,13-17,19-20H2,1H3. The van der Waals surface area contributed by atoms with E-state index >= 15 is 0 Å². The van der Waals surface area contributed by atoms with E-state index in [-0.39, 0.29) is 5.41 Å². The van der Waals surface area contributed by atoms with E-state index in [0.29, 0.717) is 0 Å². The van der Waals surface area contributed by atoms with Crippen LogP contribution in [0.25, 0.3) is 0 Å². The van der Waals surface area contributed by atoms with Gasteiger partial charge in [0.1, 0.15) is 11.5 Å². The molecule has 150 valence electrons. The molecule has 2 aromatic carbocycles. The quantitative estimate of drug-likeness (QED) is 0.560. The van der Waals surface area contributed by atoms with Gasteiger partial charge in [-0.1, -0.05) is 56.5 Å². The van der Waals surface area contributed by atoms with Crippen LogP contribution in [-0.2, 0) is 12.0 Å². The normalized spacial score (nSPS) is 18.0. The van der Waals surface area contributed by atoms with Crippen LogP contribution in [0.4, 0.5) is 0 Å². The first-order valence-corrected chi connectivity index (χ1v) is 11.0. The predicted octanol–water partition coefficient (Wildman–Crippen LogP) is 5.57. The Kier molecular flexibility index (Phi) is 6.21. The van der Waals surface area contributed by atoms with Gasteiger partial charge in [0.05, 0.1) is 13.2 Å². The zero-order valence-electron chi connectivity index (χ0n) is 17.2. The molecule has 1 saturated heterocycles. The molecule has 2 heterocycles. The number of hydrogen-bond donors (Lipinski definition) is 0. The van der Waals surface area contributed by atoms with Crippen molar-refractivity contribution < 1.29 is 9.47 Å². The average Bonchev–Trinajstić information content (AvgIpc) is 3.08. The summed E-state index contributed by atoms with van der Waals surface area (Å²) in [5, 5.41) is 0. The maximum atomic E-state index is 6.08. The molecule has 1 spiro atoms. The number of rotatable bonds is 8. The third kappa shape index (κ3) is 4.35. The summed E-state index contributed by atoms with van der Waals surface area (Å²) in [5.74, 6) is 2.07. The molecule has 3 heteroatoms. The molecule has 0 bridgehead atoms. The van der Waals surface area contributed by atoms with Crippen molar-refractivity contribution in [2.24, 2.45) is 0 Å². The average molecular weight is 380 g/mol. The summed E-state index contributed by atoms with van der Waals surface area (Å²) in [6, 6.07) is 17.2. The summed E-state index contributed by atoms with van der Waals surface area (Å²) in [6.07, 6.45) is 7.27. The van der Waals surface area contributed by atoms with Crippen LogP contribution in [0.5, 0.6) is 11.5 Å². The summed E-state index contributed by atoms with van der Waals surface area (Å²) >= 11 is 0. The summed E-state index contributed by atoms with van der Waals surface area (Å²) in [6.45, 7) is 7.18. The number of hydrogen-bond acceptors (Lipinski definition) is 3. The molecule has 4 rings (SSSR count). The number of piperidine rings is 1. The fourth-order valence-corrected chi connectivity index (χ4v) is 4.55. The Morgan fingerprint density at radius 2 is 1.82 bits per heavy atom. The van der Waals surface area contributed by atoms with Crippen molar-refractivity contribution in [3.63, 3.8) is 0 Å². The zero-order valence-corrected chi connectivity index (χ0v) is 17.2. The van der Waals surface area contributed by atoms with Gasteiger partial charge in [0.2, 0.25) is 0 Å². The Bertz CT molecular complexity index is 750. The number of fused-ring (bicyclic) bond motifs is 2. The molecule has 0 aliphatic carbocycles. The van der Waals surface area contributed by atoms with Crippen LogP contribution in [0.15, 0.2) is 48.5 Å². The van der Waals surface area contributed by atoms with Gasteiger partial charge in [-0.25, -0.2) is 0 Å². The number of ether oxygens (including phenoxy) is 2. The molecule has 0 saturated carbocycles. The van der Waals surface area contributed by atoms with Crippen LogP contribution < -0.4 is 9.47 Å². The van der Waals surface area contributed by atoms with Crippen molar-refractivity contribution in [1.29, 1.82) is 0 Å². The molecular weight excluding hydrogens is 346 g/mol. The molecule has 0 aromatic heterocycles. The SMILES string of the molecule is CCCCCCOc1ccc2c(c1)C1(CCN(Cc3ccccc3)CC1)CO2. The van der Waals surface area contributed by atoms with Crippen LogP contribution in [0.1, 0.15) is 56.6 Å². The van der Waals surface area contributed by atoms with Gasteiger partial charge < -0.3 is 9.47 Å². The van der Waals surface area contributed by atoms with E-state index in [1.165, 1.54) is 30.4 Å². The zero-order chi connectivity index (χ0) is 19.2. The Hall–Kier alpha value is -2.00. The molecule has 0 radical (unpaired) electrons. The summed E-state index contributed by atoms with van der Waals surface area (Å²) in [7, 11) is 0. The highest BCUT2D eigenvalue weighted by molar-refractivity contribution is 5.48. The first-order chi connectivity index (χ1) is 13.8. The molecule has 3 nitrogen and oxygen atoms in total. The summed E-state index contributed by atoms with van der Waals surface area (Å²) in [4.78, 5) is 2.58. The lowest BCUT2D eigenvalue weighted by atomic mass is 9.74. The Morgan fingerprint density at radius 3 is 2.61 bits per heavy atom. The van der Waals surface area contributed by atoms with Crippen LogP contribution in [0, 0.1) is 0 Å². The molecule has 2 aliphatic heterocycles.